The second-order valence-corrected chi connectivity index (χ2v) is 3.80. The fraction of sp³-hybridized carbons (Fsp3) is 0.273. The van der Waals surface area contributed by atoms with E-state index in [1.807, 2.05) is 27.1 Å². The first-order valence-corrected chi connectivity index (χ1v) is 4.89. The zero-order valence-electron chi connectivity index (χ0n) is 9.43. The first kappa shape index (κ1) is 10.5. The van der Waals surface area contributed by atoms with Crippen molar-refractivity contribution < 1.29 is 9.63 Å². The van der Waals surface area contributed by atoms with Gasteiger partial charge in [0, 0.05) is 19.7 Å². The normalized spacial score (nSPS) is 10.4. The Hall–Kier alpha value is -2.04. The summed E-state index contributed by atoms with van der Waals surface area (Å²) in [7, 11) is 3.69. The monoisotopic (exact) mass is 219 g/mol. The van der Waals surface area contributed by atoms with E-state index in [-0.39, 0.29) is 5.75 Å². The molecular formula is C11H13N3O2. The predicted molar refractivity (Wildman–Crippen MR) is 60.5 cm³/mol. The molecule has 16 heavy (non-hydrogen) atoms. The summed E-state index contributed by atoms with van der Waals surface area (Å²) in [6.07, 6.45) is 0. The number of benzene rings is 1. The fourth-order valence-corrected chi connectivity index (χ4v) is 1.30. The van der Waals surface area contributed by atoms with Crippen molar-refractivity contribution in [3.05, 3.63) is 23.8 Å². The smallest absolute Gasteiger partial charge is 0.265 e. The van der Waals surface area contributed by atoms with Crippen molar-refractivity contribution in [2.75, 3.05) is 19.0 Å². The van der Waals surface area contributed by atoms with Gasteiger partial charge in [0.1, 0.15) is 5.75 Å². The van der Waals surface area contributed by atoms with Crippen LogP contribution >= 0.6 is 0 Å². The van der Waals surface area contributed by atoms with Crippen LogP contribution in [0.2, 0.25) is 0 Å². The summed E-state index contributed by atoms with van der Waals surface area (Å²) in [5.74, 6) is 1.24. The third-order valence-electron chi connectivity index (χ3n) is 2.26. The number of phenolic OH excluding ortho intramolecular Hbond substituents is 1. The van der Waals surface area contributed by atoms with E-state index in [9.17, 15) is 5.11 Å². The number of aromatic nitrogens is 2. The molecule has 2 aromatic rings. The van der Waals surface area contributed by atoms with E-state index < -0.39 is 0 Å². The molecule has 1 N–H and O–H groups in total. The standard InChI is InChI=1S/C11H13N3O2/c1-7-6-8(4-5-9(7)15)10-12-11(13-16-10)14(2)3/h4-6,15H,1-3H3. The Morgan fingerprint density at radius 3 is 2.62 bits per heavy atom. The molecule has 0 radical (unpaired) electrons. The second-order valence-electron chi connectivity index (χ2n) is 3.80. The Bertz CT molecular complexity index is 506. The van der Waals surface area contributed by atoms with Crippen molar-refractivity contribution in [1.82, 2.24) is 10.1 Å². The molecule has 1 aromatic carbocycles. The van der Waals surface area contributed by atoms with Crippen LogP contribution in [0.1, 0.15) is 5.56 Å². The lowest BCUT2D eigenvalue weighted by molar-refractivity contribution is 0.430. The highest BCUT2D eigenvalue weighted by Gasteiger charge is 2.10. The largest absolute Gasteiger partial charge is 0.508 e. The van der Waals surface area contributed by atoms with E-state index in [1.54, 1.807) is 17.0 Å². The summed E-state index contributed by atoms with van der Waals surface area (Å²) < 4.78 is 5.12. The number of hydrogen-bond donors (Lipinski definition) is 1. The molecule has 1 aromatic heterocycles. The Kier molecular flexibility index (Phi) is 2.52. The van der Waals surface area contributed by atoms with Gasteiger partial charge in [-0.3, -0.25) is 0 Å². The van der Waals surface area contributed by atoms with Crippen LogP contribution in [0.25, 0.3) is 11.5 Å². The molecule has 0 saturated carbocycles. The predicted octanol–water partition coefficient (Wildman–Crippen LogP) is 1.82. The molecule has 0 fully saturated rings. The number of hydrogen-bond acceptors (Lipinski definition) is 5. The zero-order valence-corrected chi connectivity index (χ0v) is 9.43. The van der Waals surface area contributed by atoms with Crippen LogP contribution in [-0.4, -0.2) is 29.3 Å². The van der Waals surface area contributed by atoms with E-state index in [1.165, 1.54) is 0 Å². The van der Waals surface area contributed by atoms with Crippen molar-refractivity contribution >= 4 is 5.95 Å². The summed E-state index contributed by atoms with van der Waals surface area (Å²) in [4.78, 5) is 5.98. The van der Waals surface area contributed by atoms with Crippen molar-refractivity contribution in [2.24, 2.45) is 0 Å². The Balaban J connectivity index is 2.39. The molecule has 0 spiro atoms. The Labute approximate surface area is 93.3 Å². The Morgan fingerprint density at radius 1 is 1.31 bits per heavy atom. The number of nitrogens with zero attached hydrogens (tertiary/aromatic N) is 3. The maximum Gasteiger partial charge on any atom is 0.265 e. The van der Waals surface area contributed by atoms with Gasteiger partial charge in [-0.25, -0.2) is 0 Å². The summed E-state index contributed by atoms with van der Waals surface area (Å²) in [5.41, 5.74) is 1.58. The topological polar surface area (TPSA) is 62.4 Å². The van der Waals surface area contributed by atoms with Crippen LogP contribution in [-0.2, 0) is 0 Å². The SMILES string of the molecule is Cc1cc(-c2nc(N(C)C)no2)ccc1O. The van der Waals surface area contributed by atoms with Crippen LogP contribution in [0, 0.1) is 6.92 Å². The van der Waals surface area contributed by atoms with Crippen LogP contribution in [0.15, 0.2) is 22.7 Å². The van der Waals surface area contributed by atoms with E-state index in [4.69, 9.17) is 4.52 Å². The highest BCUT2D eigenvalue weighted by atomic mass is 16.5. The highest BCUT2D eigenvalue weighted by Crippen LogP contribution is 2.24. The molecule has 0 aliphatic rings. The number of aromatic hydroxyl groups is 1. The average molecular weight is 219 g/mol. The minimum absolute atomic E-state index is 0.260. The van der Waals surface area contributed by atoms with E-state index in [0.29, 0.717) is 11.8 Å². The molecule has 84 valence electrons. The van der Waals surface area contributed by atoms with E-state index in [0.717, 1.165) is 11.1 Å². The van der Waals surface area contributed by atoms with Crippen molar-refractivity contribution in [2.45, 2.75) is 6.92 Å². The molecule has 0 amide bonds. The second kappa shape index (κ2) is 3.84. The van der Waals surface area contributed by atoms with Gasteiger partial charge in [-0.15, -0.1) is 0 Å². The molecule has 2 rings (SSSR count). The summed E-state index contributed by atoms with van der Waals surface area (Å²) >= 11 is 0. The Morgan fingerprint density at radius 2 is 2.06 bits per heavy atom. The first-order chi connectivity index (χ1) is 7.58. The highest BCUT2D eigenvalue weighted by molar-refractivity contribution is 5.57. The van der Waals surface area contributed by atoms with E-state index in [2.05, 4.69) is 10.1 Å². The molecule has 1 heterocycles. The number of anilines is 1. The molecule has 0 aliphatic heterocycles. The minimum atomic E-state index is 0.260. The van der Waals surface area contributed by atoms with E-state index >= 15 is 0 Å². The summed E-state index contributed by atoms with van der Waals surface area (Å²) in [6.45, 7) is 1.82. The number of phenols is 1. The molecule has 5 nitrogen and oxygen atoms in total. The molecule has 0 bridgehead atoms. The lowest BCUT2D eigenvalue weighted by Gasteiger charge is -2.02. The lowest BCUT2D eigenvalue weighted by Crippen LogP contribution is -2.09. The molecule has 0 unspecified atom stereocenters. The molecular weight excluding hydrogens is 206 g/mol. The minimum Gasteiger partial charge on any atom is -0.508 e. The van der Waals surface area contributed by atoms with Crippen LogP contribution in [0.3, 0.4) is 0 Å². The number of rotatable bonds is 2. The van der Waals surface area contributed by atoms with Gasteiger partial charge in [-0.05, 0) is 35.8 Å². The van der Waals surface area contributed by atoms with Gasteiger partial charge in [0.05, 0.1) is 0 Å². The molecule has 0 aliphatic carbocycles. The molecule has 5 heteroatoms. The third kappa shape index (κ3) is 1.84. The fourth-order valence-electron chi connectivity index (χ4n) is 1.30. The van der Waals surface area contributed by atoms with Gasteiger partial charge < -0.3 is 14.5 Å². The summed E-state index contributed by atoms with van der Waals surface area (Å²) in [6, 6.07) is 5.17. The van der Waals surface area contributed by atoms with Crippen LogP contribution in [0.5, 0.6) is 5.75 Å². The maximum absolute atomic E-state index is 9.41. The van der Waals surface area contributed by atoms with Gasteiger partial charge >= 0.3 is 0 Å². The first-order valence-electron chi connectivity index (χ1n) is 4.89. The molecule has 0 atom stereocenters. The van der Waals surface area contributed by atoms with Crippen LogP contribution < -0.4 is 4.90 Å². The third-order valence-corrected chi connectivity index (χ3v) is 2.26. The van der Waals surface area contributed by atoms with Gasteiger partial charge in [-0.1, -0.05) is 0 Å². The van der Waals surface area contributed by atoms with Gasteiger partial charge in [0.15, 0.2) is 0 Å². The van der Waals surface area contributed by atoms with Crippen molar-refractivity contribution in [1.29, 1.82) is 0 Å². The lowest BCUT2D eigenvalue weighted by atomic mass is 10.1. The summed E-state index contributed by atoms with van der Waals surface area (Å²) in [5, 5.41) is 13.2. The number of aryl methyl sites for hydroxylation is 1. The van der Waals surface area contributed by atoms with Crippen molar-refractivity contribution in [3.63, 3.8) is 0 Å². The zero-order chi connectivity index (χ0) is 11.7. The van der Waals surface area contributed by atoms with Crippen LogP contribution in [0.4, 0.5) is 5.95 Å². The molecule has 0 saturated heterocycles. The average Bonchev–Trinajstić information content (AvgIpc) is 2.71. The quantitative estimate of drug-likeness (QED) is 0.834. The maximum atomic E-state index is 9.41. The van der Waals surface area contributed by atoms with Crippen molar-refractivity contribution in [3.8, 4) is 17.2 Å². The van der Waals surface area contributed by atoms with Gasteiger partial charge in [0.25, 0.3) is 11.8 Å². The van der Waals surface area contributed by atoms with Gasteiger partial charge in [-0.2, -0.15) is 4.98 Å². The van der Waals surface area contributed by atoms with Gasteiger partial charge in [0.2, 0.25) is 0 Å².